The Hall–Kier alpha value is -1.46. The zero-order valence-corrected chi connectivity index (χ0v) is 11.0. The lowest BCUT2D eigenvalue weighted by Crippen LogP contribution is -2.15. The molecule has 0 radical (unpaired) electrons. The third kappa shape index (κ3) is 2.81. The van der Waals surface area contributed by atoms with Crippen LogP contribution in [0.2, 0.25) is 0 Å². The maximum atomic E-state index is 5.67. The molecule has 0 fully saturated rings. The van der Waals surface area contributed by atoms with Crippen molar-refractivity contribution in [1.82, 2.24) is 4.98 Å². The maximum absolute atomic E-state index is 5.67. The van der Waals surface area contributed by atoms with Crippen LogP contribution in [0.5, 0.6) is 0 Å². The van der Waals surface area contributed by atoms with E-state index in [1.54, 1.807) is 23.7 Å². The molecule has 2 aromatic rings. The highest BCUT2D eigenvalue weighted by molar-refractivity contribution is 7.80. The van der Waals surface area contributed by atoms with Gasteiger partial charge in [0.15, 0.2) is 0 Å². The Labute approximate surface area is 110 Å². The Morgan fingerprint density at radius 2 is 2.35 bits per heavy atom. The quantitative estimate of drug-likeness (QED) is 0.833. The molecule has 3 N–H and O–H groups in total. The third-order valence-corrected chi connectivity index (χ3v) is 3.42. The molecule has 2 aromatic heterocycles. The van der Waals surface area contributed by atoms with Gasteiger partial charge in [-0.1, -0.05) is 12.2 Å². The van der Waals surface area contributed by atoms with Gasteiger partial charge < -0.3 is 11.1 Å². The summed E-state index contributed by atoms with van der Waals surface area (Å²) >= 11 is 6.70. The van der Waals surface area contributed by atoms with Crippen molar-refractivity contribution in [3.63, 3.8) is 0 Å². The third-order valence-electron chi connectivity index (χ3n) is 2.50. The van der Waals surface area contributed by atoms with E-state index in [1.165, 1.54) is 5.56 Å². The number of aromatic nitrogens is 1. The molecule has 1 unspecified atom stereocenters. The summed E-state index contributed by atoms with van der Waals surface area (Å²) in [7, 11) is 0. The largest absolute Gasteiger partial charge is 0.389 e. The highest BCUT2D eigenvalue weighted by Crippen LogP contribution is 2.23. The predicted octanol–water partition coefficient (Wildman–Crippen LogP) is 2.95. The molecule has 2 heterocycles. The average molecular weight is 263 g/mol. The number of thiocarbonyl (C=S) groups is 1. The Balaban J connectivity index is 2.21. The summed E-state index contributed by atoms with van der Waals surface area (Å²) < 4.78 is 0. The van der Waals surface area contributed by atoms with Gasteiger partial charge in [0.25, 0.3) is 0 Å². The van der Waals surface area contributed by atoms with E-state index < -0.39 is 0 Å². The fourth-order valence-corrected chi connectivity index (χ4v) is 2.49. The molecule has 0 aromatic carbocycles. The van der Waals surface area contributed by atoms with Crippen LogP contribution in [-0.4, -0.2) is 9.97 Å². The summed E-state index contributed by atoms with van der Waals surface area (Å²) in [4.78, 5) is 4.47. The second kappa shape index (κ2) is 5.25. The zero-order valence-electron chi connectivity index (χ0n) is 9.38. The smallest absolute Gasteiger partial charge is 0.106 e. The number of pyridine rings is 1. The normalized spacial score (nSPS) is 12.1. The maximum Gasteiger partial charge on any atom is 0.106 e. The number of nitrogens with two attached hydrogens (primary N) is 1. The van der Waals surface area contributed by atoms with Crippen molar-refractivity contribution in [2.45, 2.75) is 13.0 Å². The van der Waals surface area contributed by atoms with Crippen molar-refractivity contribution in [2.75, 3.05) is 5.32 Å². The molecule has 0 spiro atoms. The van der Waals surface area contributed by atoms with Crippen LogP contribution >= 0.6 is 23.6 Å². The van der Waals surface area contributed by atoms with Gasteiger partial charge in [0.05, 0.1) is 11.9 Å². The Morgan fingerprint density at radius 3 is 3.00 bits per heavy atom. The first-order valence-electron chi connectivity index (χ1n) is 5.21. The van der Waals surface area contributed by atoms with Gasteiger partial charge in [0, 0.05) is 17.8 Å². The Morgan fingerprint density at radius 1 is 1.53 bits per heavy atom. The number of thiophene rings is 1. The van der Waals surface area contributed by atoms with E-state index in [-0.39, 0.29) is 6.04 Å². The molecule has 3 nitrogen and oxygen atoms in total. The van der Waals surface area contributed by atoms with Gasteiger partial charge >= 0.3 is 0 Å². The average Bonchev–Trinajstić information content (AvgIpc) is 2.83. The summed E-state index contributed by atoms with van der Waals surface area (Å²) in [6.07, 6.45) is 3.44. The highest BCUT2D eigenvalue weighted by Gasteiger charge is 2.09. The molecule has 2 rings (SSSR count). The number of hydrogen-bond donors (Lipinski definition) is 2. The van der Waals surface area contributed by atoms with Crippen molar-refractivity contribution >= 4 is 34.2 Å². The van der Waals surface area contributed by atoms with E-state index >= 15 is 0 Å². The Bertz CT molecular complexity index is 508. The molecule has 0 saturated carbocycles. The minimum atomic E-state index is 0.207. The molecule has 17 heavy (non-hydrogen) atoms. The standard InChI is InChI=1S/C12H13N3S2/c1-8(9-3-5-17-7-9)15-11-6-14-4-2-10(11)12(13)16/h2-8,15H,1H3,(H2,13,16). The SMILES string of the molecule is CC(Nc1cnccc1C(N)=S)c1ccsc1. The number of hydrogen-bond acceptors (Lipinski definition) is 4. The van der Waals surface area contributed by atoms with Crippen molar-refractivity contribution in [1.29, 1.82) is 0 Å². The van der Waals surface area contributed by atoms with Gasteiger partial charge in [-0.15, -0.1) is 0 Å². The first kappa shape index (κ1) is 12.0. The molecule has 0 aliphatic carbocycles. The lowest BCUT2D eigenvalue weighted by atomic mass is 10.1. The van der Waals surface area contributed by atoms with E-state index in [2.05, 4.69) is 34.1 Å². The first-order chi connectivity index (χ1) is 8.18. The van der Waals surface area contributed by atoms with E-state index in [0.29, 0.717) is 4.99 Å². The minimum absolute atomic E-state index is 0.207. The van der Waals surface area contributed by atoms with Gasteiger partial charge in [-0.25, -0.2) is 0 Å². The van der Waals surface area contributed by atoms with Gasteiger partial charge in [-0.3, -0.25) is 4.98 Å². The molecule has 1 atom stereocenters. The molecule has 0 aliphatic heterocycles. The van der Waals surface area contributed by atoms with E-state index in [1.807, 2.05) is 6.07 Å². The number of anilines is 1. The summed E-state index contributed by atoms with van der Waals surface area (Å²) in [5, 5.41) is 7.55. The van der Waals surface area contributed by atoms with Crippen LogP contribution in [0, 0.1) is 0 Å². The van der Waals surface area contributed by atoms with E-state index in [0.717, 1.165) is 11.3 Å². The number of rotatable bonds is 4. The monoisotopic (exact) mass is 263 g/mol. The van der Waals surface area contributed by atoms with E-state index in [9.17, 15) is 0 Å². The second-order valence-electron chi connectivity index (χ2n) is 3.71. The van der Waals surface area contributed by atoms with Gasteiger partial charge in [-0.2, -0.15) is 11.3 Å². The molecular formula is C12H13N3S2. The fraction of sp³-hybridized carbons (Fsp3) is 0.167. The first-order valence-corrected chi connectivity index (χ1v) is 6.56. The summed E-state index contributed by atoms with van der Waals surface area (Å²) in [6, 6.07) is 4.13. The van der Waals surface area contributed by atoms with Gasteiger partial charge in [0.1, 0.15) is 4.99 Å². The van der Waals surface area contributed by atoms with Crippen LogP contribution in [0.25, 0.3) is 0 Å². The minimum Gasteiger partial charge on any atom is -0.389 e. The summed E-state index contributed by atoms with van der Waals surface area (Å²) in [5.41, 5.74) is 8.62. The van der Waals surface area contributed by atoms with Crippen LogP contribution in [0.15, 0.2) is 35.3 Å². The van der Waals surface area contributed by atoms with Crippen LogP contribution < -0.4 is 11.1 Å². The molecule has 88 valence electrons. The topological polar surface area (TPSA) is 50.9 Å². The number of nitrogens with zero attached hydrogens (tertiary/aromatic N) is 1. The van der Waals surface area contributed by atoms with Crippen LogP contribution in [0.3, 0.4) is 0 Å². The molecule has 0 bridgehead atoms. The number of nitrogens with one attached hydrogen (secondary N) is 1. The van der Waals surface area contributed by atoms with Gasteiger partial charge in [0.2, 0.25) is 0 Å². The lowest BCUT2D eigenvalue weighted by Gasteiger charge is -2.16. The Kier molecular flexibility index (Phi) is 3.71. The van der Waals surface area contributed by atoms with E-state index in [4.69, 9.17) is 18.0 Å². The van der Waals surface area contributed by atoms with Gasteiger partial charge in [-0.05, 0) is 35.4 Å². The van der Waals surface area contributed by atoms with Crippen molar-refractivity contribution in [3.05, 3.63) is 46.4 Å². The van der Waals surface area contributed by atoms with Crippen LogP contribution in [0.4, 0.5) is 5.69 Å². The summed E-state index contributed by atoms with van der Waals surface area (Å²) in [5.74, 6) is 0. The van der Waals surface area contributed by atoms with Crippen molar-refractivity contribution in [2.24, 2.45) is 5.73 Å². The molecular weight excluding hydrogens is 250 g/mol. The highest BCUT2D eigenvalue weighted by atomic mass is 32.1. The molecule has 0 saturated heterocycles. The zero-order chi connectivity index (χ0) is 12.3. The molecule has 0 amide bonds. The molecule has 0 aliphatic rings. The van der Waals surface area contributed by atoms with Crippen molar-refractivity contribution in [3.8, 4) is 0 Å². The lowest BCUT2D eigenvalue weighted by molar-refractivity contribution is 0.888. The molecule has 5 heteroatoms. The summed E-state index contributed by atoms with van der Waals surface area (Å²) in [6.45, 7) is 2.10. The predicted molar refractivity (Wildman–Crippen MR) is 76.5 cm³/mol. The van der Waals surface area contributed by atoms with Crippen LogP contribution in [0.1, 0.15) is 24.1 Å². The van der Waals surface area contributed by atoms with Crippen molar-refractivity contribution < 1.29 is 0 Å². The van der Waals surface area contributed by atoms with Crippen LogP contribution in [-0.2, 0) is 0 Å². The fourth-order valence-electron chi connectivity index (χ4n) is 1.56. The second-order valence-corrected chi connectivity index (χ2v) is 4.93.